The van der Waals surface area contributed by atoms with Gasteiger partial charge in [0.1, 0.15) is 0 Å². The maximum absolute atomic E-state index is 9.99. The van der Waals surface area contributed by atoms with Gasteiger partial charge in [-0.3, -0.25) is 0 Å². The minimum absolute atomic E-state index is 0.278. The molecular formula is C14H17N3O. The molecule has 18 heavy (non-hydrogen) atoms. The molecule has 0 saturated carbocycles. The second kappa shape index (κ2) is 4.53. The van der Waals surface area contributed by atoms with Crippen molar-refractivity contribution in [3.8, 4) is 0 Å². The molecule has 2 unspecified atom stereocenters. The van der Waals surface area contributed by atoms with Crippen molar-refractivity contribution < 1.29 is 5.11 Å². The second-order valence-electron chi connectivity index (χ2n) is 5.03. The molecule has 1 saturated heterocycles. The molecule has 0 radical (unpaired) electrons. The lowest BCUT2D eigenvalue weighted by atomic mass is 9.96. The Bertz CT molecular complexity index is 552. The summed E-state index contributed by atoms with van der Waals surface area (Å²) in [6.07, 6.45) is 2.49. The van der Waals surface area contributed by atoms with Crippen molar-refractivity contribution >= 4 is 16.6 Å². The first-order chi connectivity index (χ1) is 8.75. The summed E-state index contributed by atoms with van der Waals surface area (Å²) in [7, 11) is 0. The minimum atomic E-state index is -0.278. The van der Waals surface area contributed by atoms with E-state index in [1.807, 2.05) is 18.2 Å². The molecule has 4 heteroatoms. The third-order valence-electron chi connectivity index (χ3n) is 3.77. The van der Waals surface area contributed by atoms with E-state index in [0.717, 1.165) is 29.6 Å². The van der Waals surface area contributed by atoms with Crippen LogP contribution in [0.3, 0.4) is 0 Å². The van der Waals surface area contributed by atoms with Gasteiger partial charge in [-0.25, -0.2) is 0 Å². The lowest BCUT2D eigenvalue weighted by molar-refractivity contribution is 0.102. The Morgan fingerprint density at radius 2 is 2.17 bits per heavy atom. The summed E-state index contributed by atoms with van der Waals surface area (Å²) in [6, 6.07) is 8.11. The normalized spacial score (nSPS) is 24.4. The molecule has 1 aromatic heterocycles. The Morgan fingerprint density at radius 1 is 1.33 bits per heavy atom. The van der Waals surface area contributed by atoms with Crippen molar-refractivity contribution in [3.63, 3.8) is 0 Å². The summed E-state index contributed by atoms with van der Waals surface area (Å²) in [5.41, 5.74) is 0. The standard InChI is InChI=1S/C14H17N3O/c1-10-6-7-17(9-13(10)18)14-12-5-3-2-4-11(12)8-15-16-14/h2-5,8,10,13,18H,6-7,9H2,1H3. The number of anilines is 1. The smallest absolute Gasteiger partial charge is 0.159 e. The highest BCUT2D eigenvalue weighted by Crippen LogP contribution is 2.27. The number of aromatic nitrogens is 2. The topological polar surface area (TPSA) is 49.2 Å². The largest absolute Gasteiger partial charge is 0.391 e. The molecule has 1 aliphatic heterocycles. The van der Waals surface area contributed by atoms with Gasteiger partial charge >= 0.3 is 0 Å². The fourth-order valence-electron chi connectivity index (χ4n) is 2.49. The van der Waals surface area contributed by atoms with Gasteiger partial charge in [0, 0.05) is 23.9 Å². The molecule has 4 nitrogen and oxygen atoms in total. The van der Waals surface area contributed by atoms with Crippen molar-refractivity contribution in [1.29, 1.82) is 0 Å². The third-order valence-corrected chi connectivity index (χ3v) is 3.77. The van der Waals surface area contributed by atoms with Gasteiger partial charge < -0.3 is 10.0 Å². The summed E-state index contributed by atoms with van der Waals surface area (Å²) in [5.74, 6) is 1.25. The zero-order valence-corrected chi connectivity index (χ0v) is 10.5. The van der Waals surface area contributed by atoms with Crippen molar-refractivity contribution in [2.24, 2.45) is 5.92 Å². The Morgan fingerprint density at radius 3 is 3.00 bits per heavy atom. The van der Waals surface area contributed by atoms with Crippen molar-refractivity contribution in [2.45, 2.75) is 19.4 Å². The predicted octanol–water partition coefficient (Wildman–Crippen LogP) is 1.84. The van der Waals surface area contributed by atoms with Crippen LogP contribution in [0.25, 0.3) is 10.8 Å². The van der Waals surface area contributed by atoms with Crippen LogP contribution in [0.15, 0.2) is 30.5 Å². The van der Waals surface area contributed by atoms with Crippen LogP contribution in [0, 0.1) is 5.92 Å². The van der Waals surface area contributed by atoms with Gasteiger partial charge in [0.05, 0.1) is 12.3 Å². The summed E-state index contributed by atoms with van der Waals surface area (Å²) in [4.78, 5) is 2.14. The van der Waals surface area contributed by atoms with E-state index < -0.39 is 0 Å². The summed E-state index contributed by atoms with van der Waals surface area (Å²) < 4.78 is 0. The van der Waals surface area contributed by atoms with Crippen LogP contribution < -0.4 is 4.90 Å². The van der Waals surface area contributed by atoms with Crippen LogP contribution in [-0.4, -0.2) is 34.5 Å². The molecular weight excluding hydrogens is 226 g/mol. The van der Waals surface area contributed by atoms with Crippen molar-refractivity contribution in [1.82, 2.24) is 10.2 Å². The van der Waals surface area contributed by atoms with Gasteiger partial charge in [0.15, 0.2) is 5.82 Å². The van der Waals surface area contributed by atoms with Crippen LogP contribution in [0.1, 0.15) is 13.3 Å². The molecule has 0 bridgehead atoms. The van der Waals surface area contributed by atoms with Crippen LogP contribution in [0.4, 0.5) is 5.82 Å². The number of rotatable bonds is 1. The molecule has 2 atom stereocenters. The molecule has 1 N–H and O–H groups in total. The number of fused-ring (bicyclic) bond motifs is 1. The average Bonchev–Trinajstić information content (AvgIpc) is 2.41. The Balaban J connectivity index is 1.99. The lowest BCUT2D eigenvalue weighted by Gasteiger charge is -2.35. The van der Waals surface area contributed by atoms with Crippen LogP contribution in [0.2, 0.25) is 0 Å². The number of hydrogen-bond acceptors (Lipinski definition) is 4. The Hall–Kier alpha value is -1.68. The zero-order valence-electron chi connectivity index (χ0n) is 10.5. The summed E-state index contributed by atoms with van der Waals surface area (Å²) in [6.45, 7) is 3.67. The monoisotopic (exact) mass is 243 g/mol. The molecule has 3 rings (SSSR count). The fraction of sp³-hybridized carbons (Fsp3) is 0.429. The van der Waals surface area contributed by atoms with Crippen LogP contribution >= 0.6 is 0 Å². The zero-order chi connectivity index (χ0) is 12.5. The Labute approximate surface area is 106 Å². The van der Waals surface area contributed by atoms with Crippen LogP contribution in [-0.2, 0) is 0 Å². The lowest BCUT2D eigenvalue weighted by Crippen LogP contribution is -2.43. The van der Waals surface area contributed by atoms with Gasteiger partial charge in [-0.05, 0) is 12.3 Å². The molecule has 1 aliphatic rings. The molecule has 0 aliphatic carbocycles. The van der Waals surface area contributed by atoms with Crippen LogP contribution in [0.5, 0.6) is 0 Å². The van der Waals surface area contributed by atoms with Gasteiger partial charge in [-0.15, -0.1) is 5.10 Å². The van der Waals surface area contributed by atoms with Gasteiger partial charge in [0.25, 0.3) is 0 Å². The van der Waals surface area contributed by atoms with E-state index in [1.54, 1.807) is 6.20 Å². The van der Waals surface area contributed by atoms with E-state index in [-0.39, 0.29) is 6.10 Å². The third kappa shape index (κ3) is 1.93. The molecule has 2 aromatic rings. The van der Waals surface area contributed by atoms with Crippen molar-refractivity contribution in [2.75, 3.05) is 18.0 Å². The number of nitrogens with zero attached hydrogens (tertiary/aromatic N) is 3. The van der Waals surface area contributed by atoms with Gasteiger partial charge in [0.2, 0.25) is 0 Å². The maximum Gasteiger partial charge on any atom is 0.159 e. The summed E-state index contributed by atoms with van der Waals surface area (Å²) >= 11 is 0. The number of aliphatic hydroxyl groups is 1. The molecule has 1 fully saturated rings. The first-order valence-corrected chi connectivity index (χ1v) is 6.39. The molecule has 0 amide bonds. The quantitative estimate of drug-likeness (QED) is 0.830. The first kappa shape index (κ1) is 11.4. The summed E-state index contributed by atoms with van der Waals surface area (Å²) in [5, 5.41) is 20.5. The number of hydrogen-bond donors (Lipinski definition) is 1. The minimum Gasteiger partial charge on any atom is -0.391 e. The first-order valence-electron chi connectivity index (χ1n) is 6.39. The molecule has 0 spiro atoms. The number of β-amino-alcohol motifs (C(OH)–C–C–N with tert-alkyl or cyclic N) is 1. The second-order valence-corrected chi connectivity index (χ2v) is 5.03. The molecule has 1 aromatic carbocycles. The highest BCUT2D eigenvalue weighted by Gasteiger charge is 2.26. The van der Waals surface area contributed by atoms with E-state index >= 15 is 0 Å². The fourth-order valence-corrected chi connectivity index (χ4v) is 2.49. The number of aliphatic hydroxyl groups excluding tert-OH is 1. The number of benzene rings is 1. The highest BCUT2D eigenvalue weighted by molar-refractivity contribution is 5.91. The van der Waals surface area contributed by atoms with E-state index in [9.17, 15) is 5.11 Å². The van der Waals surface area contributed by atoms with E-state index in [1.165, 1.54) is 0 Å². The Kier molecular flexibility index (Phi) is 2.88. The SMILES string of the molecule is CC1CCN(c2nncc3ccccc23)CC1O. The molecule has 2 heterocycles. The van der Waals surface area contributed by atoms with Gasteiger partial charge in [-0.1, -0.05) is 31.2 Å². The van der Waals surface area contributed by atoms with E-state index in [2.05, 4.69) is 28.1 Å². The predicted molar refractivity (Wildman–Crippen MR) is 71.5 cm³/mol. The highest BCUT2D eigenvalue weighted by atomic mass is 16.3. The van der Waals surface area contributed by atoms with Gasteiger partial charge in [-0.2, -0.15) is 5.10 Å². The number of piperidine rings is 1. The average molecular weight is 243 g/mol. The van der Waals surface area contributed by atoms with E-state index in [4.69, 9.17) is 0 Å². The molecule has 94 valence electrons. The van der Waals surface area contributed by atoms with E-state index in [0.29, 0.717) is 12.5 Å². The van der Waals surface area contributed by atoms with Crippen molar-refractivity contribution in [3.05, 3.63) is 30.5 Å². The maximum atomic E-state index is 9.99.